The Hall–Kier alpha value is -3.96. The van der Waals surface area contributed by atoms with E-state index in [1.807, 2.05) is 29.6 Å². The standard InChI is InChI=1S/C27H28FN5O4S/c1-18-2-12-23(26-25(19-4-6-20(28)7-5-19)32-27-33(26)16-17-37-27)31-24(13-3-18)29-14-15-30-38(35,36)22-10-8-21(34)9-11-22/h2,4-6,8-12,16-17,20,30,34H,3,7,13-15H2,1H3,(H,29,31)/b18-2-,23-12-. The summed E-state index contributed by atoms with van der Waals surface area (Å²) in [6.45, 7) is 2.50. The van der Waals surface area contributed by atoms with Crippen molar-refractivity contribution in [1.82, 2.24) is 19.4 Å². The first-order valence-electron chi connectivity index (χ1n) is 12.3. The quantitative estimate of drug-likeness (QED) is 0.385. The number of halogens is 1. The highest BCUT2D eigenvalue weighted by Crippen LogP contribution is 2.32. The van der Waals surface area contributed by atoms with Crippen LogP contribution in [0.4, 0.5) is 4.39 Å². The lowest BCUT2D eigenvalue weighted by atomic mass is 10.0. The third kappa shape index (κ3) is 5.63. The topological polar surface area (TPSA) is 121 Å². The van der Waals surface area contributed by atoms with Gasteiger partial charge in [0.1, 0.15) is 35.4 Å². The number of hydrogen-bond acceptors (Lipinski definition) is 7. The lowest BCUT2D eigenvalue weighted by Crippen LogP contribution is -2.35. The van der Waals surface area contributed by atoms with Gasteiger partial charge in [0.2, 0.25) is 10.0 Å². The molecule has 3 N–H and O–H groups in total. The van der Waals surface area contributed by atoms with Gasteiger partial charge in [0.05, 0.1) is 10.6 Å². The molecule has 2 aliphatic rings. The zero-order chi connectivity index (χ0) is 26.7. The maximum absolute atomic E-state index is 13.7. The molecule has 3 aromatic rings. The van der Waals surface area contributed by atoms with Crippen LogP contribution in [0.15, 0.2) is 87.0 Å². The van der Waals surface area contributed by atoms with E-state index in [9.17, 15) is 17.9 Å². The number of phenolic OH excluding ortho intramolecular Hbond substituents is 1. The Kier molecular flexibility index (Phi) is 7.30. The predicted octanol–water partition coefficient (Wildman–Crippen LogP) is 4.36. The monoisotopic (exact) mass is 537 g/mol. The Morgan fingerprint density at radius 3 is 2.76 bits per heavy atom. The number of benzene rings is 1. The molecule has 1 unspecified atom stereocenters. The van der Waals surface area contributed by atoms with E-state index in [1.165, 1.54) is 30.3 Å². The number of allylic oxidation sites excluding steroid dienone is 7. The van der Waals surface area contributed by atoms with Crippen LogP contribution in [0.3, 0.4) is 0 Å². The minimum Gasteiger partial charge on any atom is -0.508 e. The van der Waals surface area contributed by atoms with Gasteiger partial charge >= 0.3 is 5.84 Å². The number of nitrogens with zero attached hydrogens (tertiary/aromatic N) is 3. The van der Waals surface area contributed by atoms with Crippen LogP contribution in [0.2, 0.25) is 0 Å². The molecule has 2 aromatic heterocycles. The van der Waals surface area contributed by atoms with E-state index in [0.717, 1.165) is 23.3 Å². The SMILES string of the molecule is C/C1=C/C=C(c2c(C3=CCC(F)C=C3)nc3occn23)\N=C(\NCCNS(=O)(=O)c2ccc(O)cc2)CC1. The third-order valence-corrected chi connectivity index (χ3v) is 7.73. The van der Waals surface area contributed by atoms with Crippen molar-refractivity contribution in [3.05, 3.63) is 84.1 Å². The summed E-state index contributed by atoms with van der Waals surface area (Å²) in [5.41, 5.74) is 3.98. The van der Waals surface area contributed by atoms with Crippen LogP contribution in [0, 0.1) is 0 Å². The van der Waals surface area contributed by atoms with Crippen molar-refractivity contribution in [3.8, 4) is 5.75 Å². The van der Waals surface area contributed by atoms with E-state index in [4.69, 9.17) is 9.41 Å². The van der Waals surface area contributed by atoms with Crippen LogP contribution >= 0.6 is 0 Å². The van der Waals surface area contributed by atoms with E-state index in [-0.39, 0.29) is 23.6 Å². The van der Waals surface area contributed by atoms with Crippen molar-refractivity contribution in [2.75, 3.05) is 13.1 Å². The molecule has 1 aliphatic heterocycles. The smallest absolute Gasteiger partial charge is 0.306 e. The van der Waals surface area contributed by atoms with Crippen molar-refractivity contribution in [2.45, 2.75) is 37.3 Å². The number of alkyl halides is 1. The zero-order valence-corrected chi connectivity index (χ0v) is 21.6. The number of amidine groups is 1. The van der Waals surface area contributed by atoms with E-state index in [2.05, 4.69) is 15.0 Å². The average molecular weight is 538 g/mol. The molecule has 0 radical (unpaired) electrons. The molecule has 0 saturated heterocycles. The molecule has 0 spiro atoms. The fourth-order valence-corrected chi connectivity index (χ4v) is 5.25. The highest BCUT2D eigenvalue weighted by Gasteiger charge is 2.22. The van der Waals surface area contributed by atoms with Gasteiger partial charge in [-0.2, -0.15) is 4.98 Å². The number of imidazole rings is 1. The summed E-state index contributed by atoms with van der Waals surface area (Å²) in [6.07, 6.45) is 13.0. The van der Waals surface area contributed by atoms with Crippen molar-refractivity contribution in [1.29, 1.82) is 0 Å². The molecule has 0 fully saturated rings. The van der Waals surface area contributed by atoms with Crippen LogP contribution in [0.1, 0.15) is 37.6 Å². The van der Waals surface area contributed by atoms with Crippen LogP contribution < -0.4 is 10.0 Å². The second-order valence-electron chi connectivity index (χ2n) is 9.08. The highest BCUT2D eigenvalue weighted by atomic mass is 32.2. The van der Waals surface area contributed by atoms with Gasteiger partial charge in [0, 0.05) is 32.1 Å². The van der Waals surface area contributed by atoms with Crippen molar-refractivity contribution < 1.29 is 22.3 Å². The minimum atomic E-state index is -3.71. The number of aliphatic imine (C=N–C) groups is 1. The van der Waals surface area contributed by atoms with Crippen molar-refractivity contribution >= 4 is 33.0 Å². The van der Waals surface area contributed by atoms with Gasteiger partial charge in [-0.05, 0) is 55.3 Å². The molecule has 198 valence electrons. The average Bonchev–Trinajstić information content (AvgIpc) is 3.48. The fourth-order valence-electron chi connectivity index (χ4n) is 4.22. The maximum atomic E-state index is 13.7. The lowest BCUT2D eigenvalue weighted by Gasteiger charge is -2.15. The molecule has 9 nitrogen and oxygen atoms in total. The summed E-state index contributed by atoms with van der Waals surface area (Å²) >= 11 is 0. The number of sulfonamides is 1. The number of nitrogens with one attached hydrogen (secondary N) is 2. The van der Waals surface area contributed by atoms with Crippen LogP contribution in [-0.4, -0.2) is 48.0 Å². The summed E-state index contributed by atoms with van der Waals surface area (Å²) in [6, 6.07) is 5.36. The number of aromatic nitrogens is 2. The minimum absolute atomic E-state index is 0.00226. The Morgan fingerprint density at radius 1 is 1.18 bits per heavy atom. The van der Waals surface area contributed by atoms with Gasteiger partial charge in [-0.3, -0.25) is 4.40 Å². The first-order valence-corrected chi connectivity index (χ1v) is 13.7. The summed E-state index contributed by atoms with van der Waals surface area (Å²) < 4.78 is 48.7. The molecule has 0 saturated carbocycles. The first-order chi connectivity index (χ1) is 18.3. The predicted molar refractivity (Wildman–Crippen MR) is 144 cm³/mol. The molecule has 5 rings (SSSR count). The number of rotatable bonds is 7. The van der Waals surface area contributed by atoms with Crippen LogP contribution in [-0.2, 0) is 10.0 Å². The molecular weight excluding hydrogens is 509 g/mol. The number of aromatic hydroxyl groups is 1. The summed E-state index contributed by atoms with van der Waals surface area (Å²) in [7, 11) is -3.71. The normalized spacial score (nSPS) is 22.4. The number of phenols is 1. The maximum Gasteiger partial charge on any atom is 0.306 e. The number of oxazole rings is 1. The van der Waals surface area contributed by atoms with Crippen LogP contribution in [0.5, 0.6) is 5.75 Å². The van der Waals surface area contributed by atoms with E-state index >= 15 is 0 Å². The van der Waals surface area contributed by atoms with Crippen LogP contribution in [0.25, 0.3) is 17.1 Å². The van der Waals surface area contributed by atoms with Gasteiger partial charge in [0.15, 0.2) is 0 Å². The molecule has 1 aromatic carbocycles. The van der Waals surface area contributed by atoms with Gasteiger partial charge in [-0.25, -0.2) is 22.5 Å². The highest BCUT2D eigenvalue weighted by molar-refractivity contribution is 7.89. The van der Waals surface area contributed by atoms with Gasteiger partial charge in [-0.15, -0.1) is 0 Å². The summed E-state index contributed by atoms with van der Waals surface area (Å²) in [5, 5.41) is 12.7. The second-order valence-corrected chi connectivity index (χ2v) is 10.8. The Morgan fingerprint density at radius 2 is 2.00 bits per heavy atom. The van der Waals surface area contributed by atoms with E-state index in [0.29, 0.717) is 36.0 Å². The van der Waals surface area contributed by atoms with E-state index < -0.39 is 16.2 Å². The second kappa shape index (κ2) is 10.8. The molecular formula is C27H28FN5O4S. The number of fused-ring (bicyclic) bond motifs is 1. The van der Waals surface area contributed by atoms with Gasteiger partial charge < -0.3 is 14.8 Å². The Labute approximate surface area is 219 Å². The van der Waals surface area contributed by atoms with Crippen molar-refractivity contribution in [2.24, 2.45) is 4.99 Å². The molecule has 1 aliphatic carbocycles. The largest absolute Gasteiger partial charge is 0.508 e. The fraction of sp³-hybridized carbons (Fsp3) is 0.259. The van der Waals surface area contributed by atoms with E-state index in [1.54, 1.807) is 18.5 Å². The Bertz CT molecular complexity index is 1590. The Balaban J connectivity index is 1.38. The summed E-state index contributed by atoms with van der Waals surface area (Å²) in [5.74, 6) is 1.11. The molecule has 1 atom stereocenters. The van der Waals surface area contributed by atoms with Gasteiger partial charge in [0.25, 0.3) is 0 Å². The van der Waals surface area contributed by atoms with Gasteiger partial charge in [-0.1, -0.05) is 23.8 Å². The molecule has 0 amide bonds. The van der Waals surface area contributed by atoms with Crippen molar-refractivity contribution in [3.63, 3.8) is 0 Å². The molecule has 11 heteroatoms. The molecule has 0 bridgehead atoms. The summed E-state index contributed by atoms with van der Waals surface area (Å²) in [4.78, 5) is 9.62. The number of hydrogen-bond donors (Lipinski definition) is 3. The zero-order valence-electron chi connectivity index (χ0n) is 20.8. The molecule has 38 heavy (non-hydrogen) atoms. The lowest BCUT2D eigenvalue weighted by molar-refractivity contribution is 0.402. The molecule has 3 heterocycles. The third-order valence-electron chi connectivity index (χ3n) is 6.26. The first kappa shape index (κ1) is 25.7.